The molecule has 520 valence electrons. The number of likely N-dealkylation sites (tertiary alicyclic amines) is 2. The number of guanidine groups is 1. The van der Waals surface area contributed by atoms with E-state index < -0.39 is 169 Å². The first-order chi connectivity index (χ1) is 44.2. The fourth-order valence-electron chi connectivity index (χ4n) is 10.7. The highest BCUT2D eigenvalue weighted by atomic mass is 32.2. The zero-order valence-electron chi connectivity index (χ0n) is 53.9. The van der Waals surface area contributed by atoms with E-state index in [0.29, 0.717) is 62.0 Å². The van der Waals surface area contributed by atoms with Crippen molar-refractivity contribution in [3.8, 4) is 0 Å². The Labute approximate surface area is 552 Å². The molecule has 10 atom stereocenters. The van der Waals surface area contributed by atoms with Crippen molar-refractivity contribution in [1.82, 2.24) is 52.3 Å². The highest BCUT2D eigenvalue weighted by Crippen LogP contribution is 2.24. The van der Waals surface area contributed by atoms with Crippen LogP contribution in [-0.2, 0) is 68.7 Å². The summed E-state index contributed by atoms with van der Waals surface area (Å²) in [4.78, 5) is 184. The fraction of sp³-hybridized carbons (Fsp3) is 0.667. The van der Waals surface area contributed by atoms with Crippen molar-refractivity contribution in [3.05, 3.63) is 35.9 Å². The smallest absolute Gasteiger partial charge is 0.245 e. The number of nitrogens with zero attached hydrogens (tertiary/aromatic N) is 3. The van der Waals surface area contributed by atoms with E-state index in [0.717, 1.165) is 0 Å². The van der Waals surface area contributed by atoms with Gasteiger partial charge in [-0.2, -0.15) is 23.5 Å². The first-order valence-corrected chi connectivity index (χ1v) is 34.4. The Hall–Kier alpha value is -7.78. The Morgan fingerprint density at radius 2 is 1.05 bits per heavy atom. The summed E-state index contributed by atoms with van der Waals surface area (Å²) in [7, 11) is 0. The Morgan fingerprint density at radius 1 is 0.548 bits per heavy atom. The number of aliphatic imine (C=N–C) groups is 1. The summed E-state index contributed by atoms with van der Waals surface area (Å²) in [6.07, 6.45) is 5.71. The van der Waals surface area contributed by atoms with Crippen LogP contribution in [-0.4, -0.2) is 210 Å². The monoisotopic (exact) mass is 1340 g/mol. The number of nitrogens with one attached hydrogen (secondary N) is 8. The average molecular weight is 1350 g/mol. The second-order valence-electron chi connectivity index (χ2n) is 23.6. The third-order valence-electron chi connectivity index (χ3n) is 15.6. The lowest BCUT2D eigenvalue weighted by Crippen LogP contribution is -2.60. The molecule has 2 saturated heterocycles. The average Bonchev–Trinajstić information content (AvgIpc) is 1.82. The number of nitrogens with two attached hydrogens (primary N) is 7. The molecule has 1 aromatic carbocycles. The lowest BCUT2D eigenvalue weighted by atomic mass is 10.0. The van der Waals surface area contributed by atoms with Crippen molar-refractivity contribution >= 4 is 106 Å². The molecule has 0 saturated carbocycles. The second kappa shape index (κ2) is 42.4. The molecule has 2 aliphatic rings. The zero-order valence-corrected chi connectivity index (χ0v) is 55.6. The number of unbranched alkanes of at least 4 members (excludes halogenated alkanes) is 1. The van der Waals surface area contributed by atoms with Gasteiger partial charge in [-0.05, 0) is 138 Å². The van der Waals surface area contributed by atoms with E-state index in [-0.39, 0.29) is 83.0 Å². The predicted molar refractivity (Wildman–Crippen MR) is 353 cm³/mol. The van der Waals surface area contributed by atoms with Crippen LogP contribution >= 0.6 is 23.5 Å². The van der Waals surface area contributed by atoms with Gasteiger partial charge in [-0.3, -0.25) is 67.3 Å². The summed E-state index contributed by atoms with van der Waals surface area (Å²) in [5.74, 6) is -9.01. The lowest BCUT2D eigenvalue weighted by Gasteiger charge is -2.32. The van der Waals surface area contributed by atoms with Gasteiger partial charge in [0.2, 0.25) is 76.8 Å². The third-order valence-corrected chi connectivity index (χ3v) is 16.9. The number of thioether (sulfide) groups is 2. The standard InChI is InChI=1S/C60H100N18O13S2/c1-35(2)32-43(54(86)71-38(50(65)82)25-31-93-4)70-49(81)34-69-51(83)39(18-13-30-92-3)72-55(87)44(33-36-14-6-5-7-15-36)76-53(85)40(21-23-47(63)79)73-52(84)41(22-24-48(64)80)74-56(88)46-20-12-29-78(46)59(91)42(17-8-9-26-61)75-57(89)45-19-11-28-77(45)58(90)37(62)16-10-27-68-60(66)67/h5-7,14-15,35,37-46H,8-13,16-34,61-62H2,1-4H3,(H2,63,79)(H2,64,80)(H2,65,82)(H,69,83)(H,70,81)(H,71,86)(H,72,87)(H,73,84)(H,74,88)(H,75,89)(H,76,85)(H4,66,67,68)/t37-,38-,39-,40-,41-,42-,43-,44-,45-,46+/m0/s1. The SMILES string of the molecule is CSCCC[C@H](NC(=O)[C@H](Cc1ccccc1)NC(=O)[C@H](CCC(N)=O)NC(=O)[C@H](CCC(N)=O)NC(=O)[C@H]1CCCN1C(=O)[C@H](CCCCN)NC(=O)[C@@H]1CCCN1C(=O)[C@@H](N)CCCN=C(N)N)C(=O)NCC(=O)N[C@@H](CC(C)C)C(=O)N[C@@H](CCSC)C(N)=O. The Kier molecular flexibility index (Phi) is 36.3. The molecule has 0 aliphatic carbocycles. The van der Waals surface area contributed by atoms with Crippen LogP contribution in [0.1, 0.15) is 129 Å². The van der Waals surface area contributed by atoms with Gasteiger partial charge in [0.25, 0.3) is 0 Å². The quantitative estimate of drug-likeness (QED) is 0.0169. The van der Waals surface area contributed by atoms with Crippen molar-refractivity contribution in [1.29, 1.82) is 0 Å². The molecule has 0 radical (unpaired) electrons. The van der Waals surface area contributed by atoms with Gasteiger partial charge < -0.3 is 92.5 Å². The van der Waals surface area contributed by atoms with E-state index in [1.54, 1.807) is 30.3 Å². The van der Waals surface area contributed by atoms with Crippen molar-refractivity contribution in [2.75, 3.05) is 56.7 Å². The number of hydrogen-bond acceptors (Lipinski definition) is 18. The van der Waals surface area contributed by atoms with Crippen LogP contribution < -0.4 is 82.7 Å². The van der Waals surface area contributed by atoms with Crippen LogP contribution in [0.15, 0.2) is 35.3 Å². The second-order valence-corrected chi connectivity index (χ2v) is 25.5. The maximum absolute atomic E-state index is 14.6. The number of primary amides is 3. The molecular formula is C60H100N18O13S2. The molecule has 3 rings (SSSR count). The maximum atomic E-state index is 14.6. The summed E-state index contributed by atoms with van der Waals surface area (Å²) in [6.45, 7) is 3.92. The Morgan fingerprint density at radius 3 is 1.59 bits per heavy atom. The molecule has 33 heteroatoms. The minimum absolute atomic E-state index is 0.0769. The van der Waals surface area contributed by atoms with Crippen molar-refractivity contribution < 1.29 is 62.3 Å². The van der Waals surface area contributed by atoms with Crippen LogP contribution in [0.4, 0.5) is 0 Å². The molecule has 2 aliphatic heterocycles. The van der Waals surface area contributed by atoms with Gasteiger partial charge in [0.1, 0.15) is 54.4 Å². The van der Waals surface area contributed by atoms with Gasteiger partial charge in [0.15, 0.2) is 5.96 Å². The van der Waals surface area contributed by atoms with E-state index in [1.807, 2.05) is 26.4 Å². The van der Waals surface area contributed by atoms with E-state index >= 15 is 0 Å². The maximum Gasteiger partial charge on any atom is 0.245 e. The highest BCUT2D eigenvalue weighted by Gasteiger charge is 2.42. The van der Waals surface area contributed by atoms with Gasteiger partial charge in [-0.15, -0.1) is 0 Å². The number of carbonyl (C=O) groups excluding carboxylic acids is 13. The summed E-state index contributed by atoms with van der Waals surface area (Å²) in [6, 6.07) is -3.76. The molecular weight excluding hydrogens is 1240 g/mol. The fourth-order valence-corrected chi connectivity index (χ4v) is 11.6. The largest absolute Gasteiger partial charge is 0.370 e. The van der Waals surface area contributed by atoms with Crippen LogP contribution in [0, 0.1) is 5.92 Å². The lowest BCUT2D eigenvalue weighted by molar-refractivity contribution is -0.144. The minimum atomic E-state index is -1.62. The van der Waals surface area contributed by atoms with Crippen LogP contribution in [0.3, 0.4) is 0 Å². The number of carbonyl (C=O) groups is 13. The summed E-state index contributed by atoms with van der Waals surface area (Å²) < 4.78 is 0. The first kappa shape index (κ1) is 79.5. The molecule has 1 aromatic rings. The van der Waals surface area contributed by atoms with E-state index in [4.69, 9.17) is 40.1 Å². The van der Waals surface area contributed by atoms with Gasteiger partial charge in [0.05, 0.1) is 12.6 Å². The van der Waals surface area contributed by atoms with Crippen LogP contribution in [0.5, 0.6) is 0 Å². The Balaban J connectivity index is 1.87. The first-order valence-electron chi connectivity index (χ1n) is 31.6. The zero-order chi connectivity index (χ0) is 69.2. The molecule has 0 bridgehead atoms. The topological polar surface area (TPSA) is 519 Å². The molecule has 0 spiro atoms. The number of rotatable bonds is 44. The number of amides is 13. The molecule has 22 N–H and O–H groups in total. The summed E-state index contributed by atoms with van der Waals surface area (Å²) >= 11 is 2.94. The molecule has 13 amide bonds. The van der Waals surface area contributed by atoms with Crippen LogP contribution in [0.2, 0.25) is 0 Å². The van der Waals surface area contributed by atoms with E-state index in [1.165, 1.54) is 33.3 Å². The molecule has 2 fully saturated rings. The van der Waals surface area contributed by atoms with Gasteiger partial charge in [-0.1, -0.05) is 44.2 Å². The number of hydrogen-bond donors (Lipinski definition) is 15. The number of benzene rings is 1. The van der Waals surface area contributed by atoms with E-state index in [2.05, 4.69) is 47.5 Å². The summed E-state index contributed by atoms with van der Waals surface area (Å²) in [5.41, 5.74) is 40.0. The predicted octanol–water partition coefficient (Wildman–Crippen LogP) is -3.81. The normalized spacial score (nSPS) is 17.0. The van der Waals surface area contributed by atoms with Crippen molar-refractivity contribution in [3.63, 3.8) is 0 Å². The molecule has 0 aromatic heterocycles. The van der Waals surface area contributed by atoms with Crippen molar-refractivity contribution in [2.45, 2.75) is 190 Å². The molecule has 0 unspecified atom stereocenters. The van der Waals surface area contributed by atoms with Crippen molar-refractivity contribution in [2.24, 2.45) is 51.0 Å². The third kappa shape index (κ3) is 29.0. The molecule has 93 heavy (non-hydrogen) atoms. The summed E-state index contributed by atoms with van der Waals surface area (Å²) in [5, 5.41) is 21.1. The highest BCUT2D eigenvalue weighted by molar-refractivity contribution is 7.98. The van der Waals surface area contributed by atoms with Gasteiger partial charge in [0, 0.05) is 38.9 Å². The van der Waals surface area contributed by atoms with Gasteiger partial charge >= 0.3 is 0 Å². The van der Waals surface area contributed by atoms with Gasteiger partial charge in [-0.25, -0.2) is 0 Å². The van der Waals surface area contributed by atoms with Crippen LogP contribution in [0.25, 0.3) is 0 Å². The minimum Gasteiger partial charge on any atom is -0.370 e. The molecule has 2 heterocycles. The Bertz CT molecular complexity index is 2710. The molecule has 31 nitrogen and oxygen atoms in total. The van der Waals surface area contributed by atoms with E-state index in [9.17, 15) is 62.3 Å².